The van der Waals surface area contributed by atoms with E-state index in [1.165, 1.54) is 6.07 Å². The topological polar surface area (TPSA) is 49.3 Å². The van der Waals surface area contributed by atoms with Gasteiger partial charge >= 0.3 is 5.97 Å². The first kappa shape index (κ1) is 13.6. The second kappa shape index (κ2) is 7.01. The quantitative estimate of drug-likeness (QED) is 0.767. The van der Waals surface area contributed by atoms with E-state index >= 15 is 0 Å². The third-order valence-corrected chi connectivity index (χ3v) is 2.64. The average molecular weight is 239 g/mol. The largest absolute Gasteiger partial charge is 0.481 e. The van der Waals surface area contributed by atoms with Crippen molar-refractivity contribution in [1.82, 2.24) is 5.32 Å². The Hall–Kier alpha value is -1.42. The Morgan fingerprint density at radius 2 is 2.18 bits per heavy atom. The molecule has 0 saturated heterocycles. The van der Waals surface area contributed by atoms with Gasteiger partial charge in [-0.2, -0.15) is 0 Å². The molecule has 0 aliphatic carbocycles. The molecule has 0 aromatic heterocycles. The third kappa shape index (κ3) is 5.45. The van der Waals surface area contributed by atoms with Crippen LogP contribution in [0, 0.1) is 5.82 Å². The van der Waals surface area contributed by atoms with Crippen LogP contribution in [-0.2, 0) is 11.2 Å². The van der Waals surface area contributed by atoms with Gasteiger partial charge in [0.25, 0.3) is 0 Å². The minimum absolute atomic E-state index is 0.137. The number of rotatable bonds is 7. The number of hydrogen-bond donors (Lipinski definition) is 2. The van der Waals surface area contributed by atoms with Crippen molar-refractivity contribution in [2.24, 2.45) is 0 Å². The lowest BCUT2D eigenvalue weighted by molar-refractivity contribution is -0.137. The molecule has 0 spiro atoms. The predicted octanol–water partition coefficient (Wildman–Crippen LogP) is 2.21. The summed E-state index contributed by atoms with van der Waals surface area (Å²) in [7, 11) is 0. The molecule has 1 unspecified atom stereocenters. The van der Waals surface area contributed by atoms with Crippen LogP contribution in [0.15, 0.2) is 24.3 Å². The monoisotopic (exact) mass is 239 g/mol. The van der Waals surface area contributed by atoms with E-state index in [4.69, 9.17) is 5.11 Å². The van der Waals surface area contributed by atoms with Gasteiger partial charge in [-0.3, -0.25) is 4.79 Å². The lowest BCUT2D eigenvalue weighted by atomic mass is 10.1. The molecule has 0 radical (unpaired) electrons. The smallest absolute Gasteiger partial charge is 0.303 e. The van der Waals surface area contributed by atoms with Gasteiger partial charge in [-0.1, -0.05) is 18.2 Å². The van der Waals surface area contributed by atoms with Crippen LogP contribution >= 0.6 is 0 Å². The summed E-state index contributed by atoms with van der Waals surface area (Å²) in [6.07, 6.45) is 1.37. The molecule has 0 aliphatic rings. The summed E-state index contributed by atoms with van der Waals surface area (Å²) < 4.78 is 13.3. The SMILES string of the molecule is CC(CCC(=O)O)NCCc1ccccc1F. The standard InChI is InChI=1S/C13H18FNO2/c1-10(6-7-13(16)17)15-9-8-11-4-2-3-5-12(11)14/h2-5,10,15H,6-9H2,1H3,(H,16,17). The van der Waals surface area contributed by atoms with Gasteiger partial charge < -0.3 is 10.4 Å². The summed E-state index contributed by atoms with van der Waals surface area (Å²) >= 11 is 0. The van der Waals surface area contributed by atoms with E-state index in [2.05, 4.69) is 5.32 Å². The summed E-state index contributed by atoms with van der Waals surface area (Å²) in [6.45, 7) is 2.59. The van der Waals surface area contributed by atoms with Crippen molar-refractivity contribution in [3.63, 3.8) is 0 Å². The number of halogens is 1. The molecule has 2 N–H and O–H groups in total. The Bertz CT molecular complexity index is 368. The zero-order valence-corrected chi connectivity index (χ0v) is 9.95. The van der Waals surface area contributed by atoms with Crippen LogP contribution in [0.25, 0.3) is 0 Å². The van der Waals surface area contributed by atoms with E-state index in [0.717, 1.165) is 0 Å². The van der Waals surface area contributed by atoms with Crippen LogP contribution < -0.4 is 5.32 Å². The zero-order valence-electron chi connectivity index (χ0n) is 9.95. The van der Waals surface area contributed by atoms with Crippen molar-refractivity contribution >= 4 is 5.97 Å². The summed E-state index contributed by atoms with van der Waals surface area (Å²) in [4.78, 5) is 10.4. The average Bonchev–Trinajstić information content (AvgIpc) is 2.29. The fraction of sp³-hybridized carbons (Fsp3) is 0.462. The Morgan fingerprint density at radius 3 is 2.82 bits per heavy atom. The van der Waals surface area contributed by atoms with E-state index < -0.39 is 5.97 Å². The van der Waals surface area contributed by atoms with Crippen LogP contribution in [0.4, 0.5) is 4.39 Å². The highest BCUT2D eigenvalue weighted by Gasteiger charge is 2.05. The zero-order chi connectivity index (χ0) is 12.7. The highest BCUT2D eigenvalue weighted by atomic mass is 19.1. The molecule has 3 nitrogen and oxygen atoms in total. The lowest BCUT2D eigenvalue weighted by Gasteiger charge is -2.12. The Morgan fingerprint density at radius 1 is 1.47 bits per heavy atom. The van der Waals surface area contributed by atoms with E-state index in [1.54, 1.807) is 12.1 Å². The second-order valence-corrected chi connectivity index (χ2v) is 4.13. The van der Waals surface area contributed by atoms with Crippen LogP contribution in [-0.4, -0.2) is 23.7 Å². The maximum Gasteiger partial charge on any atom is 0.303 e. The van der Waals surface area contributed by atoms with Gasteiger partial charge in [-0.05, 0) is 37.9 Å². The Balaban J connectivity index is 2.24. The van der Waals surface area contributed by atoms with Gasteiger partial charge in [0, 0.05) is 12.5 Å². The molecular weight excluding hydrogens is 221 g/mol. The van der Waals surface area contributed by atoms with Gasteiger partial charge in [-0.25, -0.2) is 4.39 Å². The molecule has 0 aliphatic heterocycles. The van der Waals surface area contributed by atoms with E-state index in [1.807, 2.05) is 13.0 Å². The van der Waals surface area contributed by atoms with Crippen LogP contribution in [0.1, 0.15) is 25.3 Å². The Labute approximate surface area is 101 Å². The molecular formula is C13H18FNO2. The number of benzene rings is 1. The Kier molecular flexibility index (Phi) is 5.63. The van der Waals surface area contributed by atoms with Crippen molar-refractivity contribution in [2.45, 2.75) is 32.2 Å². The molecule has 1 aromatic rings. The molecule has 0 amide bonds. The van der Waals surface area contributed by atoms with Crippen LogP contribution in [0.3, 0.4) is 0 Å². The van der Waals surface area contributed by atoms with E-state index in [0.29, 0.717) is 24.9 Å². The molecule has 0 bridgehead atoms. The molecule has 0 saturated carbocycles. The molecule has 1 aromatic carbocycles. The summed E-state index contributed by atoms with van der Waals surface area (Å²) in [5.41, 5.74) is 0.686. The fourth-order valence-corrected chi connectivity index (χ4v) is 1.60. The third-order valence-electron chi connectivity index (χ3n) is 2.64. The highest BCUT2D eigenvalue weighted by Crippen LogP contribution is 2.06. The first-order chi connectivity index (χ1) is 8.09. The van der Waals surface area contributed by atoms with Crippen molar-refractivity contribution in [3.05, 3.63) is 35.6 Å². The molecule has 4 heteroatoms. The number of carboxylic acid groups (broad SMARTS) is 1. The van der Waals surface area contributed by atoms with Gasteiger partial charge in [0.15, 0.2) is 0 Å². The van der Waals surface area contributed by atoms with Gasteiger partial charge in [-0.15, -0.1) is 0 Å². The van der Waals surface area contributed by atoms with Gasteiger partial charge in [0.1, 0.15) is 5.82 Å². The molecule has 17 heavy (non-hydrogen) atoms. The summed E-state index contributed by atoms with van der Waals surface area (Å²) in [5.74, 6) is -0.972. The van der Waals surface area contributed by atoms with Gasteiger partial charge in [0.2, 0.25) is 0 Å². The highest BCUT2D eigenvalue weighted by molar-refractivity contribution is 5.66. The molecule has 0 fully saturated rings. The maximum absolute atomic E-state index is 13.3. The molecule has 1 rings (SSSR count). The number of aliphatic carboxylic acids is 1. The lowest BCUT2D eigenvalue weighted by Crippen LogP contribution is -2.28. The predicted molar refractivity (Wildman–Crippen MR) is 64.4 cm³/mol. The van der Waals surface area contributed by atoms with Crippen LogP contribution in [0.5, 0.6) is 0 Å². The first-order valence-corrected chi connectivity index (χ1v) is 5.78. The van der Waals surface area contributed by atoms with Crippen molar-refractivity contribution in [3.8, 4) is 0 Å². The second-order valence-electron chi connectivity index (χ2n) is 4.13. The normalized spacial score (nSPS) is 12.4. The minimum atomic E-state index is -0.784. The first-order valence-electron chi connectivity index (χ1n) is 5.78. The molecule has 94 valence electrons. The fourth-order valence-electron chi connectivity index (χ4n) is 1.60. The maximum atomic E-state index is 13.3. The molecule has 0 heterocycles. The van der Waals surface area contributed by atoms with E-state index in [-0.39, 0.29) is 18.3 Å². The van der Waals surface area contributed by atoms with Crippen molar-refractivity contribution < 1.29 is 14.3 Å². The van der Waals surface area contributed by atoms with Crippen molar-refractivity contribution in [2.75, 3.05) is 6.54 Å². The number of carbonyl (C=O) groups is 1. The van der Waals surface area contributed by atoms with Crippen molar-refractivity contribution in [1.29, 1.82) is 0 Å². The summed E-state index contributed by atoms with van der Waals surface area (Å²) in [6, 6.07) is 6.83. The minimum Gasteiger partial charge on any atom is -0.481 e. The summed E-state index contributed by atoms with van der Waals surface area (Å²) in [5, 5.41) is 11.7. The van der Waals surface area contributed by atoms with Gasteiger partial charge in [0.05, 0.1) is 0 Å². The van der Waals surface area contributed by atoms with Crippen LogP contribution in [0.2, 0.25) is 0 Å². The number of nitrogens with one attached hydrogen (secondary N) is 1. The molecule has 1 atom stereocenters. The number of hydrogen-bond acceptors (Lipinski definition) is 2. The number of carboxylic acids is 1. The van der Waals surface area contributed by atoms with E-state index in [9.17, 15) is 9.18 Å².